The van der Waals surface area contributed by atoms with Crippen molar-refractivity contribution in [3.05, 3.63) is 0 Å². The van der Waals surface area contributed by atoms with Crippen molar-refractivity contribution in [1.82, 2.24) is 25.3 Å². The lowest BCUT2D eigenvalue weighted by Gasteiger charge is -2.37. The van der Waals surface area contributed by atoms with Gasteiger partial charge in [-0.15, -0.1) is 24.0 Å². The zero-order valence-electron chi connectivity index (χ0n) is 18.4. The fourth-order valence-corrected chi connectivity index (χ4v) is 4.04. The number of carbonyl (C=O) groups excluding carboxylic acids is 2. The van der Waals surface area contributed by atoms with Gasteiger partial charge in [-0.2, -0.15) is 0 Å². The first-order chi connectivity index (χ1) is 14.2. The SMILES string of the molecule is CN=C(NCCCC(=O)NC1CC1)N1CCN(CC(=O)N2CCCCCC2)CC1.I. The van der Waals surface area contributed by atoms with E-state index in [1.807, 2.05) is 0 Å². The van der Waals surface area contributed by atoms with Crippen LogP contribution in [0.3, 0.4) is 0 Å². The Kier molecular flexibility index (Phi) is 11.2. The van der Waals surface area contributed by atoms with E-state index in [9.17, 15) is 9.59 Å². The fourth-order valence-electron chi connectivity index (χ4n) is 4.04. The average Bonchev–Trinajstić information content (AvgIpc) is 3.56. The monoisotopic (exact) mass is 534 g/mol. The molecule has 2 N–H and O–H groups in total. The highest BCUT2D eigenvalue weighted by atomic mass is 127. The molecule has 0 unspecified atom stereocenters. The lowest BCUT2D eigenvalue weighted by molar-refractivity contribution is -0.132. The summed E-state index contributed by atoms with van der Waals surface area (Å²) < 4.78 is 0. The zero-order valence-corrected chi connectivity index (χ0v) is 20.7. The Morgan fingerprint density at radius 3 is 2.20 bits per heavy atom. The molecule has 9 heteroatoms. The summed E-state index contributed by atoms with van der Waals surface area (Å²) in [6.07, 6.45) is 8.42. The molecular weight excluding hydrogens is 495 g/mol. The largest absolute Gasteiger partial charge is 0.356 e. The van der Waals surface area contributed by atoms with Crippen LogP contribution < -0.4 is 10.6 Å². The highest BCUT2D eigenvalue weighted by Crippen LogP contribution is 2.18. The minimum Gasteiger partial charge on any atom is -0.356 e. The van der Waals surface area contributed by atoms with Crippen LogP contribution in [0.4, 0.5) is 0 Å². The van der Waals surface area contributed by atoms with Gasteiger partial charge in [0.25, 0.3) is 0 Å². The normalized spacial score (nSPS) is 20.9. The lowest BCUT2D eigenvalue weighted by atomic mass is 10.2. The Bertz CT molecular complexity index is 568. The molecule has 1 saturated carbocycles. The second-order valence-corrected chi connectivity index (χ2v) is 8.48. The summed E-state index contributed by atoms with van der Waals surface area (Å²) >= 11 is 0. The number of hydrogen-bond donors (Lipinski definition) is 2. The standard InChI is InChI=1S/C21H38N6O2.HI/c1-22-21(23-10-6-7-19(28)24-18-8-9-18)27-15-13-25(14-16-27)17-20(29)26-11-4-2-3-5-12-26;/h18H,2-17H2,1H3,(H,22,23)(H,24,28);1H. The number of rotatable bonds is 7. The predicted octanol–water partition coefficient (Wildman–Crippen LogP) is 1.26. The van der Waals surface area contributed by atoms with Gasteiger partial charge in [-0.25, -0.2) is 0 Å². The number of carbonyl (C=O) groups is 2. The maximum Gasteiger partial charge on any atom is 0.236 e. The summed E-state index contributed by atoms with van der Waals surface area (Å²) in [6, 6.07) is 0.436. The molecule has 0 spiro atoms. The summed E-state index contributed by atoms with van der Waals surface area (Å²) in [5.74, 6) is 1.34. The molecule has 172 valence electrons. The Labute approximate surface area is 198 Å². The molecule has 2 saturated heterocycles. The maximum atomic E-state index is 12.6. The Hall–Kier alpha value is -1.10. The Morgan fingerprint density at radius 2 is 1.60 bits per heavy atom. The molecule has 0 aromatic rings. The molecule has 0 atom stereocenters. The number of amides is 2. The van der Waals surface area contributed by atoms with Crippen LogP contribution in [0.2, 0.25) is 0 Å². The maximum absolute atomic E-state index is 12.6. The van der Waals surface area contributed by atoms with Crippen molar-refractivity contribution in [1.29, 1.82) is 0 Å². The summed E-state index contributed by atoms with van der Waals surface area (Å²) in [7, 11) is 1.80. The smallest absolute Gasteiger partial charge is 0.236 e. The van der Waals surface area contributed by atoms with Gasteiger partial charge in [0.1, 0.15) is 0 Å². The third kappa shape index (κ3) is 8.56. The first-order valence-electron chi connectivity index (χ1n) is 11.4. The Balaban J connectivity index is 0.00000320. The molecule has 2 heterocycles. The van der Waals surface area contributed by atoms with Crippen molar-refractivity contribution in [3.63, 3.8) is 0 Å². The van der Waals surface area contributed by atoms with Crippen LogP contribution >= 0.6 is 24.0 Å². The van der Waals surface area contributed by atoms with E-state index in [2.05, 4.69) is 30.3 Å². The van der Waals surface area contributed by atoms with E-state index in [1.165, 1.54) is 12.8 Å². The van der Waals surface area contributed by atoms with Crippen molar-refractivity contribution in [2.24, 2.45) is 4.99 Å². The van der Waals surface area contributed by atoms with Crippen LogP contribution in [-0.4, -0.2) is 97.9 Å². The lowest BCUT2D eigenvalue weighted by Crippen LogP contribution is -2.54. The van der Waals surface area contributed by atoms with Crippen LogP contribution in [0.1, 0.15) is 51.4 Å². The minimum absolute atomic E-state index is 0. The predicted molar refractivity (Wildman–Crippen MR) is 130 cm³/mol. The van der Waals surface area contributed by atoms with Gasteiger partial charge in [-0.1, -0.05) is 12.8 Å². The molecule has 2 amide bonds. The number of aliphatic imine (C=N–C) groups is 1. The number of nitrogens with one attached hydrogen (secondary N) is 2. The molecule has 0 radical (unpaired) electrons. The number of likely N-dealkylation sites (tertiary alicyclic amines) is 1. The topological polar surface area (TPSA) is 80.3 Å². The molecule has 0 aromatic heterocycles. The number of guanidine groups is 1. The highest BCUT2D eigenvalue weighted by molar-refractivity contribution is 14.0. The van der Waals surface area contributed by atoms with Crippen LogP contribution in [0.5, 0.6) is 0 Å². The van der Waals surface area contributed by atoms with Crippen LogP contribution in [0, 0.1) is 0 Å². The van der Waals surface area contributed by atoms with Crippen molar-refractivity contribution in [3.8, 4) is 0 Å². The van der Waals surface area contributed by atoms with Gasteiger partial charge in [0.05, 0.1) is 6.54 Å². The highest BCUT2D eigenvalue weighted by Gasteiger charge is 2.24. The van der Waals surface area contributed by atoms with E-state index < -0.39 is 0 Å². The molecule has 2 aliphatic heterocycles. The van der Waals surface area contributed by atoms with Gasteiger partial charge < -0.3 is 20.4 Å². The summed E-state index contributed by atoms with van der Waals surface area (Å²) in [5.41, 5.74) is 0. The molecule has 30 heavy (non-hydrogen) atoms. The molecular formula is C21H39IN6O2. The fraction of sp³-hybridized carbons (Fsp3) is 0.857. The van der Waals surface area contributed by atoms with Gasteiger partial charge in [0.2, 0.25) is 11.8 Å². The van der Waals surface area contributed by atoms with Gasteiger partial charge in [-0.3, -0.25) is 19.5 Å². The second kappa shape index (κ2) is 13.3. The summed E-state index contributed by atoms with van der Waals surface area (Å²) in [5, 5.41) is 6.40. The molecule has 0 bridgehead atoms. The third-order valence-corrected chi connectivity index (χ3v) is 6.01. The molecule has 3 fully saturated rings. The quantitative estimate of drug-likeness (QED) is 0.223. The molecule has 3 aliphatic rings. The van der Waals surface area contributed by atoms with Crippen molar-refractivity contribution < 1.29 is 9.59 Å². The number of nitrogens with zero attached hydrogens (tertiary/aromatic N) is 4. The van der Waals surface area contributed by atoms with E-state index in [0.717, 1.165) is 83.9 Å². The van der Waals surface area contributed by atoms with Gasteiger partial charge in [0, 0.05) is 65.3 Å². The van der Waals surface area contributed by atoms with Crippen LogP contribution in [-0.2, 0) is 9.59 Å². The van der Waals surface area contributed by atoms with Gasteiger partial charge in [0.15, 0.2) is 5.96 Å². The van der Waals surface area contributed by atoms with Crippen LogP contribution in [0.25, 0.3) is 0 Å². The van der Waals surface area contributed by atoms with E-state index in [-0.39, 0.29) is 35.8 Å². The number of hydrogen-bond acceptors (Lipinski definition) is 4. The van der Waals surface area contributed by atoms with Crippen molar-refractivity contribution >= 4 is 41.8 Å². The van der Waals surface area contributed by atoms with E-state index in [4.69, 9.17) is 0 Å². The van der Waals surface area contributed by atoms with Crippen molar-refractivity contribution in [2.45, 2.75) is 57.4 Å². The first-order valence-corrected chi connectivity index (χ1v) is 11.4. The molecule has 1 aliphatic carbocycles. The first kappa shape index (κ1) is 25.2. The third-order valence-electron chi connectivity index (χ3n) is 6.01. The van der Waals surface area contributed by atoms with E-state index in [0.29, 0.717) is 19.0 Å². The van der Waals surface area contributed by atoms with Gasteiger partial charge >= 0.3 is 0 Å². The number of halogens is 1. The molecule has 0 aromatic carbocycles. The second-order valence-electron chi connectivity index (χ2n) is 8.48. The average molecular weight is 534 g/mol. The molecule has 8 nitrogen and oxygen atoms in total. The summed E-state index contributed by atoms with van der Waals surface area (Å²) in [4.78, 5) is 35.3. The van der Waals surface area contributed by atoms with Gasteiger partial charge in [-0.05, 0) is 32.1 Å². The van der Waals surface area contributed by atoms with E-state index >= 15 is 0 Å². The molecule has 3 rings (SSSR count). The minimum atomic E-state index is 0. The zero-order chi connectivity index (χ0) is 20.5. The summed E-state index contributed by atoms with van der Waals surface area (Å²) in [6.45, 7) is 6.63. The van der Waals surface area contributed by atoms with Crippen LogP contribution in [0.15, 0.2) is 4.99 Å². The number of piperazine rings is 1. The van der Waals surface area contributed by atoms with Crippen molar-refractivity contribution in [2.75, 3.05) is 59.4 Å². The Morgan fingerprint density at radius 1 is 0.933 bits per heavy atom. The van der Waals surface area contributed by atoms with E-state index in [1.54, 1.807) is 7.05 Å².